The second-order valence-corrected chi connectivity index (χ2v) is 7.15. The second kappa shape index (κ2) is 8.63. The fraction of sp³-hybridized carbons (Fsp3) is 0.684. The van der Waals surface area contributed by atoms with E-state index in [1.165, 1.54) is 12.8 Å². The predicted octanol–water partition coefficient (Wildman–Crippen LogP) is 1.86. The van der Waals surface area contributed by atoms with Crippen molar-refractivity contribution >= 4 is 11.7 Å². The van der Waals surface area contributed by atoms with Crippen LogP contribution in [-0.2, 0) is 4.74 Å². The molecule has 3 rings (SSSR count). The van der Waals surface area contributed by atoms with Crippen molar-refractivity contribution in [2.24, 2.45) is 0 Å². The predicted molar refractivity (Wildman–Crippen MR) is 99.1 cm³/mol. The number of hydrogen-bond acceptors (Lipinski definition) is 5. The molecule has 2 aliphatic rings. The number of carbonyl (C=O) groups is 1. The second-order valence-electron chi connectivity index (χ2n) is 7.15. The standard InChI is InChI=1S/C19H30N4O2/c1-21(12-13-25-2)15-17-6-5-11-23(17)19(24)16-7-8-18(20-14-16)22-9-3-4-10-22/h7-8,14,17H,3-6,9-13,15H2,1-2H3. The number of hydrogen-bond donors (Lipinski definition) is 0. The van der Waals surface area contributed by atoms with Crippen LogP contribution in [-0.4, -0.2) is 80.2 Å². The number of methoxy groups -OCH3 is 1. The van der Waals surface area contributed by atoms with Crippen LogP contribution in [0.25, 0.3) is 0 Å². The minimum atomic E-state index is 0.114. The average Bonchev–Trinajstić information content (AvgIpc) is 3.31. The zero-order chi connectivity index (χ0) is 17.6. The Labute approximate surface area is 150 Å². The van der Waals surface area contributed by atoms with E-state index >= 15 is 0 Å². The van der Waals surface area contributed by atoms with Crippen molar-refractivity contribution in [1.29, 1.82) is 0 Å². The molecule has 1 aromatic rings. The molecule has 25 heavy (non-hydrogen) atoms. The van der Waals surface area contributed by atoms with E-state index in [1.807, 2.05) is 17.0 Å². The van der Waals surface area contributed by atoms with Crippen molar-refractivity contribution in [2.75, 3.05) is 58.4 Å². The molecule has 1 aromatic heterocycles. The summed E-state index contributed by atoms with van der Waals surface area (Å²) in [7, 11) is 3.81. The normalized spacial score (nSPS) is 20.7. The molecule has 6 nitrogen and oxygen atoms in total. The van der Waals surface area contributed by atoms with E-state index in [2.05, 4.69) is 21.8 Å². The van der Waals surface area contributed by atoms with Crippen LogP contribution in [0.15, 0.2) is 18.3 Å². The molecule has 3 heterocycles. The van der Waals surface area contributed by atoms with Gasteiger partial charge in [-0.1, -0.05) is 0 Å². The Morgan fingerprint density at radius 2 is 2.08 bits per heavy atom. The number of likely N-dealkylation sites (tertiary alicyclic amines) is 1. The van der Waals surface area contributed by atoms with Crippen molar-refractivity contribution in [2.45, 2.75) is 31.7 Å². The summed E-state index contributed by atoms with van der Waals surface area (Å²) in [5, 5.41) is 0. The van der Waals surface area contributed by atoms with Gasteiger partial charge in [-0.3, -0.25) is 4.79 Å². The van der Waals surface area contributed by atoms with Crippen LogP contribution in [0.2, 0.25) is 0 Å². The summed E-state index contributed by atoms with van der Waals surface area (Å²) < 4.78 is 5.14. The molecule has 0 spiro atoms. The Morgan fingerprint density at radius 1 is 1.28 bits per heavy atom. The third-order valence-corrected chi connectivity index (χ3v) is 5.26. The number of ether oxygens (including phenoxy) is 1. The van der Waals surface area contributed by atoms with Crippen molar-refractivity contribution in [3.05, 3.63) is 23.9 Å². The van der Waals surface area contributed by atoms with Gasteiger partial charge in [-0.05, 0) is 44.9 Å². The lowest BCUT2D eigenvalue weighted by molar-refractivity contribution is 0.0697. The molecule has 0 radical (unpaired) electrons. The minimum absolute atomic E-state index is 0.114. The Hall–Kier alpha value is -1.66. The monoisotopic (exact) mass is 346 g/mol. The fourth-order valence-electron chi connectivity index (χ4n) is 3.80. The van der Waals surface area contributed by atoms with E-state index in [9.17, 15) is 4.79 Å². The first-order chi connectivity index (χ1) is 12.2. The zero-order valence-corrected chi connectivity index (χ0v) is 15.5. The molecule has 0 aromatic carbocycles. The van der Waals surface area contributed by atoms with Gasteiger partial charge in [0.2, 0.25) is 0 Å². The maximum atomic E-state index is 12.9. The van der Waals surface area contributed by atoms with Crippen LogP contribution in [0.5, 0.6) is 0 Å². The van der Waals surface area contributed by atoms with E-state index in [0.717, 1.165) is 58.0 Å². The lowest BCUT2D eigenvalue weighted by atomic mass is 10.2. The highest BCUT2D eigenvalue weighted by molar-refractivity contribution is 5.94. The summed E-state index contributed by atoms with van der Waals surface area (Å²) >= 11 is 0. The Balaban J connectivity index is 1.60. The van der Waals surface area contributed by atoms with Crippen LogP contribution in [0.4, 0.5) is 5.82 Å². The van der Waals surface area contributed by atoms with Gasteiger partial charge < -0.3 is 19.4 Å². The lowest BCUT2D eigenvalue weighted by Crippen LogP contribution is -2.43. The first-order valence-corrected chi connectivity index (χ1v) is 9.38. The van der Waals surface area contributed by atoms with Crippen molar-refractivity contribution in [3.63, 3.8) is 0 Å². The molecule has 138 valence electrons. The third-order valence-electron chi connectivity index (χ3n) is 5.26. The molecule has 1 amide bonds. The van der Waals surface area contributed by atoms with Gasteiger partial charge in [0.15, 0.2) is 0 Å². The molecule has 1 unspecified atom stereocenters. The highest BCUT2D eigenvalue weighted by Gasteiger charge is 2.30. The van der Waals surface area contributed by atoms with Crippen LogP contribution in [0.3, 0.4) is 0 Å². The molecule has 0 saturated carbocycles. The van der Waals surface area contributed by atoms with Crippen LogP contribution in [0.1, 0.15) is 36.0 Å². The lowest BCUT2D eigenvalue weighted by Gasteiger charge is -2.28. The van der Waals surface area contributed by atoms with Gasteiger partial charge in [-0.25, -0.2) is 4.98 Å². The minimum Gasteiger partial charge on any atom is -0.383 e. The Morgan fingerprint density at radius 3 is 2.76 bits per heavy atom. The van der Waals surface area contributed by atoms with Gasteiger partial charge in [0.25, 0.3) is 5.91 Å². The number of nitrogens with zero attached hydrogens (tertiary/aromatic N) is 4. The van der Waals surface area contributed by atoms with Crippen molar-refractivity contribution in [3.8, 4) is 0 Å². The van der Waals surface area contributed by atoms with Crippen molar-refractivity contribution in [1.82, 2.24) is 14.8 Å². The largest absolute Gasteiger partial charge is 0.383 e. The molecule has 0 bridgehead atoms. The number of carbonyl (C=O) groups excluding carboxylic acids is 1. The summed E-state index contributed by atoms with van der Waals surface area (Å²) in [5.74, 6) is 1.11. The van der Waals surface area contributed by atoms with E-state index in [-0.39, 0.29) is 11.9 Å². The van der Waals surface area contributed by atoms with Gasteiger partial charge in [0.1, 0.15) is 5.82 Å². The van der Waals surface area contributed by atoms with Gasteiger partial charge in [0, 0.05) is 52.1 Å². The van der Waals surface area contributed by atoms with Crippen LogP contribution < -0.4 is 4.90 Å². The van der Waals surface area contributed by atoms with E-state index in [0.29, 0.717) is 5.56 Å². The summed E-state index contributed by atoms with van der Waals surface area (Å²) in [6.45, 7) is 5.49. The molecule has 2 saturated heterocycles. The van der Waals surface area contributed by atoms with Crippen LogP contribution in [0, 0.1) is 0 Å². The number of likely N-dealkylation sites (N-methyl/N-ethyl adjacent to an activating group) is 1. The summed E-state index contributed by atoms with van der Waals surface area (Å²) in [4.78, 5) is 24.0. The number of anilines is 1. The summed E-state index contributed by atoms with van der Waals surface area (Å²) in [6.07, 6.45) is 6.36. The Bertz CT molecular complexity index is 557. The smallest absolute Gasteiger partial charge is 0.255 e. The van der Waals surface area contributed by atoms with E-state index < -0.39 is 0 Å². The number of aromatic nitrogens is 1. The summed E-state index contributed by atoms with van der Waals surface area (Å²) in [5.41, 5.74) is 0.703. The molecule has 6 heteroatoms. The van der Waals surface area contributed by atoms with Gasteiger partial charge in [-0.2, -0.15) is 0 Å². The average molecular weight is 346 g/mol. The van der Waals surface area contributed by atoms with Crippen molar-refractivity contribution < 1.29 is 9.53 Å². The number of rotatable bonds is 7. The molecular formula is C19H30N4O2. The van der Waals surface area contributed by atoms with E-state index in [1.54, 1.807) is 13.3 Å². The third kappa shape index (κ3) is 4.50. The van der Waals surface area contributed by atoms with Gasteiger partial charge in [-0.15, -0.1) is 0 Å². The fourth-order valence-corrected chi connectivity index (χ4v) is 3.80. The Kier molecular flexibility index (Phi) is 6.26. The highest BCUT2D eigenvalue weighted by atomic mass is 16.5. The van der Waals surface area contributed by atoms with E-state index in [4.69, 9.17) is 4.74 Å². The van der Waals surface area contributed by atoms with Gasteiger partial charge >= 0.3 is 0 Å². The molecular weight excluding hydrogens is 316 g/mol. The molecule has 0 aliphatic carbocycles. The maximum absolute atomic E-state index is 12.9. The maximum Gasteiger partial charge on any atom is 0.255 e. The molecule has 1 atom stereocenters. The first-order valence-electron chi connectivity index (χ1n) is 9.38. The number of pyridine rings is 1. The topological polar surface area (TPSA) is 48.9 Å². The molecule has 0 N–H and O–H groups in total. The number of amides is 1. The highest BCUT2D eigenvalue weighted by Crippen LogP contribution is 2.22. The first kappa shape index (κ1) is 18.1. The van der Waals surface area contributed by atoms with Crippen LogP contribution >= 0.6 is 0 Å². The SMILES string of the molecule is COCCN(C)CC1CCCN1C(=O)c1ccc(N2CCCC2)nc1. The van der Waals surface area contributed by atoms with Gasteiger partial charge in [0.05, 0.1) is 12.2 Å². The zero-order valence-electron chi connectivity index (χ0n) is 15.5. The molecule has 2 fully saturated rings. The summed E-state index contributed by atoms with van der Waals surface area (Å²) in [6, 6.07) is 4.22. The quantitative estimate of drug-likeness (QED) is 0.754. The molecule has 2 aliphatic heterocycles.